The Bertz CT molecular complexity index is 1140. The quantitative estimate of drug-likeness (QED) is 0.573. The molecule has 0 saturated carbocycles. The summed E-state index contributed by atoms with van der Waals surface area (Å²) >= 11 is 0. The summed E-state index contributed by atoms with van der Waals surface area (Å²) in [6.07, 6.45) is 4.15. The Morgan fingerprint density at radius 3 is 2.59 bits per heavy atom. The van der Waals surface area contributed by atoms with E-state index in [1.54, 1.807) is 0 Å². The Labute approximate surface area is 202 Å². The van der Waals surface area contributed by atoms with Gasteiger partial charge in [0.15, 0.2) is 0 Å². The maximum absolute atomic E-state index is 14.3. The minimum atomic E-state index is -0.523. The standard InChI is InChI=1S/C29H34N2O3/c1-21-15-22(2)17-26(16-21)29(8-12-33-13-9-29)28(32)31-11-14-34-20-23(19-31)18-25-6-3-5-24-7-4-10-30-27(24)25/h3-7,10,15-17,23H,8-9,11-14,18-20H2,1-2H3/t23-/m0/s1. The van der Waals surface area contributed by atoms with E-state index in [0.29, 0.717) is 39.5 Å². The number of hydrogen-bond donors (Lipinski definition) is 0. The Kier molecular flexibility index (Phi) is 6.66. The molecule has 2 fully saturated rings. The molecular weight excluding hydrogens is 424 g/mol. The van der Waals surface area contributed by atoms with Crippen LogP contribution in [0.3, 0.4) is 0 Å². The molecule has 2 saturated heterocycles. The maximum Gasteiger partial charge on any atom is 0.233 e. The monoisotopic (exact) mass is 458 g/mol. The second-order valence-electron chi connectivity index (χ2n) is 9.96. The van der Waals surface area contributed by atoms with E-state index in [1.807, 2.05) is 12.3 Å². The van der Waals surface area contributed by atoms with E-state index in [-0.39, 0.29) is 11.8 Å². The number of carbonyl (C=O) groups is 1. The molecule has 1 aromatic heterocycles. The molecule has 3 aromatic rings. The molecular formula is C29H34N2O3. The topological polar surface area (TPSA) is 51.7 Å². The zero-order valence-corrected chi connectivity index (χ0v) is 20.3. The first-order valence-electron chi connectivity index (χ1n) is 12.4. The fourth-order valence-electron chi connectivity index (χ4n) is 5.73. The lowest BCUT2D eigenvalue weighted by atomic mass is 9.72. The van der Waals surface area contributed by atoms with E-state index in [4.69, 9.17) is 9.47 Å². The number of pyridine rings is 1. The van der Waals surface area contributed by atoms with Gasteiger partial charge in [-0.05, 0) is 50.3 Å². The van der Waals surface area contributed by atoms with Crippen molar-refractivity contribution in [2.75, 3.05) is 39.5 Å². The highest BCUT2D eigenvalue weighted by atomic mass is 16.5. The van der Waals surface area contributed by atoms with E-state index in [9.17, 15) is 4.79 Å². The molecule has 0 N–H and O–H groups in total. The van der Waals surface area contributed by atoms with Crippen LogP contribution >= 0.6 is 0 Å². The number of carbonyl (C=O) groups excluding carboxylic acids is 1. The number of aryl methyl sites for hydroxylation is 2. The number of amides is 1. The van der Waals surface area contributed by atoms with Crippen LogP contribution < -0.4 is 0 Å². The van der Waals surface area contributed by atoms with Crippen LogP contribution in [0.5, 0.6) is 0 Å². The van der Waals surface area contributed by atoms with Gasteiger partial charge in [-0.1, -0.05) is 53.6 Å². The van der Waals surface area contributed by atoms with Crippen molar-refractivity contribution in [3.8, 4) is 0 Å². The molecule has 0 radical (unpaired) electrons. The minimum Gasteiger partial charge on any atom is -0.381 e. The van der Waals surface area contributed by atoms with Crippen LogP contribution in [-0.4, -0.2) is 55.3 Å². The average Bonchev–Trinajstić information content (AvgIpc) is 3.09. The van der Waals surface area contributed by atoms with Gasteiger partial charge in [0.05, 0.1) is 24.1 Å². The molecule has 5 rings (SSSR count). The molecule has 5 heteroatoms. The van der Waals surface area contributed by atoms with Crippen LogP contribution in [0.1, 0.15) is 35.1 Å². The predicted octanol–water partition coefficient (Wildman–Crippen LogP) is 4.62. The Hall–Kier alpha value is -2.76. The number of fused-ring (bicyclic) bond motifs is 1. The molecule has 178 valence electrons. The van der Waals surface area contributed by atoms with Gasteiger partial charge in [-0.15, -0.1) is 0 Å². The maximum atomic E-state index is 14.3. The highest BCUT2D eigenvalue weighted by Crippen LogP contribution is 2.38. The molecule has 1 amide bonds. The highest BCUT2D eigenvalue weighted by Gasteiger charge is 2.44. The van der Waals surface area contributed by atoms with Gasteiger partial charge in [0, 0.05) is 43.8 Å². The van der Waals surface area contributed by atoms with Gasteiger partial charge in [-0.3, -0.25) is 9.78 Å². The number of para-hydroxylation sites is 1. The smallest absolute Gasteiger partial charge is 0.233 e. The van der Waals surface area contributed by atoms with Crippen molar-refractivity contribution < 1.29 is 14.3 Å². The molecule has 2 aliphatic heterocycles. The molecule has 2 aliphatic rings. The summed E-state index contributed by atoms with van der Waals surface area (Å²) in [5.41, 5.74) is 5.28. The van der Waals surface area contributed by atoms with Crippen molar-refractivity contribution in [1.82, 2.24) is 9.88 Å². The van der Waals surface area contributed by atoms with Crippen LogP contribution in [0.15, 0.2) is 54.7 Å². The van der Waals surface area contributed by atoms with Gasteiger partial charge in [-0.25, -0.2) is 0 Å². The molecule has 3 heterocycles. The predicted molar refractivity (Wildman–Crippen MR) is 134 cm³/mol. The minimum absolute atomic E-state index is 0.229. The van der Waals surface area contributed by atoms with Crippen molar-refractivity contribution >= 4 is 16.8 Å². The van der Waals surface area contributed by atoms with Crippen molar-refractivity contribution in [3.63, 3.8) is 0 Å². The largest absolute Gasteiger partial charge is 0.381 e. The van der Waals surface area contributed by atoms with Gasteiger partial charge in [-0.2, -0.15) is 0 Å². The number of ether oxygens (including phenoxy) is 2. The van der Waals surface area contributed by atoms with Crippen molar-refractivity contribution in [1.29, 1.82) is 0 Å². The first-order chi connectivity index (χ1) is 16.5. The Morgan fingerprint density at radius 1 is 1.03 bits per heavy atom. The summed E-state index contributed by atoms with van der Waals surface area (Å²) in [6, 6.07) is 17.0. The number of aromatic nitrogens is 1. The summed E-state index contributed by atoms with van der Waals surface area (Å²) in [7, 11) is 0. The molecule has 5 nitrogen and oxygen atoms in total. The zero-order valence-electron chi connectivity index (χ0n) is 20.3. The third-order valence-electron chi connectivity index (χ3n) is 7.38. The summed E-state index contributed by atoms with van der Waals surface area (Å²) in [5, 5.41) is 1.15. The van der Waals surface area contributed by atoms with Crippen LogP contribution in [0.25, 0.3) is 10.9 Å². The third kappa shape index (κ3) is 4.59. The fraction of sp³-hybridized carbons (Fsp3) is 0.448. The summed E-state index contributed by atoms with van der Waals surface area (Å²) < 4.78 is 11.7. The molecule has 2 aromatic carbocycles. The Morgan fingerprint density at radius 2 is 1.79 bits per heavy atom. The fourth-order valence-corrected chi connectivity index (χ4v) is 5.73. The molecule has 0 bridgehead atoms. The molecule has 0 unspecified atom stereocenters. The Balaban J connectivity index is 1.42. The molecule has 0 spiro atoms. The number of benzene rings is 2. The molecule has 34 heavy (non-hydrogen) atoms. The first-order valence-corrected chi connectivity index (χ1v) is 12.4. The lowest BCUT2D eigenvalue weighted by Gasteiger charge is -2.40. The summed E-state index contributed by atoms with van der Waals surface area (Å²) in [5.74, 6) is 0.461. The van der Waals surface area contributed by atoms with Crippen molar-refractivity contribution in [2.45, 2.75) is 38.5 Å². The van der Waals surface area contributed by atoms with Crippen LogP contribution in [0, 0.1) is 19.8 Å². The van der Waals surface area contributed by atoms with Crippen molar-refractivity contribution in [3.05, 3.63) is 77.0 Å². The number of rotatable bonds is 4. The van der Waals surface area contributed by atoms with Gasteiger partial charge < -0.3 is 14.4 Å². The van der Waals surface area contributed by atoms with Gasteiger partial charge in [0.1, 0.15) is 0 Å². The van der Waals surface area contributed by atoms with E-state index in [1.165, 1.54) is 16.7 Å². The van der Waals surface area contributed by atoms with Crippen LogP contribution in [0.2, 0.25) is 0 Å². The normalized spacial score (nSPS) is 20.8. The van der Waals surface area contributed by atoms with Crippen LogP contribution in [0.4, 0.5) is 0 Å². The van der Waals surface area contributed by atoms with E-state index >= 15 is 0 Å². The second-order valence-corrected chi connectivity index (χ2v) is 9.96. The summed E-state index contributed by atoms with van der Waals surface area (Å²) in [4.78, 5) is 21.0. The zero-order chi connectivity index (χ0) is 23.5. The number of hydrogen-bond acceptors (Lipinski definition) is 4. The number of nitrogens with zero attached hydrogens (tertiary/aromatic N) is 2. The van der Waals surface area contributed by atoms with Crippen molar-refractivity contribution in [2.24, 2.45) is 5.92 Å². The molecule has 0 aliphatic carbocycles. The lowest BCUT2D eigenvalue weighted by Crippen LogP contribution is -2.51. The average molecular weight is 459 g/mol. The summed E-state index contributed by atoms with van der Waals surface area (Å²) in [6.45, 7) is 8.04. The van der Waals surface area contributed by atoms with Gasteiger partial charge >= 0.3 is 0 Å². The van der Waals surface area contributed by atoms with Crippen LogP contribution in [-0.2, 0) is 26.1 Å². The first kappa shape index (κ1) is 23.0. The van der Waals surface area contributed by atoms with E-state index in [0.717, 1.165) is 35.7 Å². The van der Waals surface area contributed by atoms with Gasteiger partial charge in [0.25, 0.3) is 0 Å². The van der Waals surface area contributed by atoms with E-state index in [2.05, 4.69) is 66.2 Å². The third-order valence-corrected chi connectivity index (χ3v) is 7.38. The van der Waals surface area contributed by atoms with E-state index < -0.39 is 5.41 Å². The lowest BCUT2D eigenvalue weighted by molar-refractivity contribution is -0.141. The SMILES string of the molecule is Cc1cc(C)cc(C2(C(=O)N3CCOC[C@@H](Cc4cccc5cccnc45)C3)CCOCC2)c1. The molecule has 1 atom stereocenters. The second kappa shape index (κ2) is 9.85. The van der Waals surface area contributed by atoms with Gasteiger partial charge in [0.2, 0.25) is 5.91 Å². The highest BCUT2D eigenvalue weighted by molar-refractivity contribution is 5.89.